The van der Waals surface area contributed by atoms with Crippen LogP contribution in [0.15, 0.2) is 84.9 Å². The van der Waals surface area contributed by atoms with Crippen molar-refractivity contribution in [2.45, 2.75) is 19.6 Å². The van der Waals surface area contributed by atoms with Crippen molar-refractivity contribution in [3.63, 3.8) is 0 Å². The van der Waals surface area contributed by atoms with Gasteiger partial charge in [0.2, 0.25) is 0 Å². The molecule has 0 unspecified atom stereocenters. The van der Waals surface area contributed by atoms with Crippen molar-refractivity contribution < 1.29 is 9.53 Å². The first-order valence-electron chi connectivity index (χ1n) is 8.72. The first kappa shape index (κ1) is 17.9. The van der Waals surface area contributed by atoms with Crippen LogP contribution < -0.4 is 0 Å². The smallest absolute Gasteiger partial charge is 0.337 e. The lowest BCUT2D eigenvalue weighted by molar-refractivity contribution is 0.0600. The molecule has 0 aliphatic carbocycles. The fourth-order valence-electron chi connectivity index (χ4n) is 2.97. The summed E-state index contributed by atoms with van der Waals surface area (Å²) in [6.45, 7) is 2.55. The first-order chi connectivity index (χ1) is 12.7. The van der Waals surface area contributed by atoms with Crippen molar-refractivity contribution >= 4 is 5.97 Å². The van der Waals surface area contributed by atoms with Crippen LogP contribution in [-0.4, -0.2) is 18.0 Å². The molecule has 0 fully saturated rings. The van der Waals surface area contributed by atoms with Crippen LogP contribution in [0.3, 0.4) is 0 Å². The zero-order valence-electron chi connectivity index (χ0n) is 15.0. The maximum absolute atomic E-state index is 11.6. The van der Waals surface area contributed by atoms with Crippen LogP contribution in [0.5, 0.6) is 0 Å². The second-order valence-corrected chi connectivity index (χ2v) is 6.30. The summed E-state index contributed by atoms with van der Waals surface area (Å²) in [6, 6.07) is 28.6. The Labute approximate surface area is 154 Å². The Morgan fingerprint density at radius 2 is 1.12 bits per heavy atom. The monoisotopic (exact) mass is 345 g/mol. The summed E-state index contributed by atoms with van der Waals surface area (Å²) in [4.78, 5) is 14.0. The highest BCUT2D eigenvalue weighted by Gasteiger charge is 2.10. The normalized spacial score (nSPS) is 10.7. The molecule has 3 aromatic rings. The summed E-state index contributed by atoms with van der Waals surface area (Å²) < 4.78 is 4.77. The third kappa shape index (κ3) is 5.04. The highest BCUT2D eigenvalue weighted by atomic mass is 16.5. The Balaban J connectivity index is 1.75. The minimum atomic E-state index is -0.304. The molecular weight excluding hydrogens is 322 g/mol. The van der Waals surface area contributed by atoms with Gasteiger partial charge in [0.25, 0.3) is 0 Å². The van der Waals surface area contributed by atoms with E-state index < -0.39 is 0 Å². The van der Waals surface area contributed by atoms with Gasteiger partial charge in [-0.05, 0) is 28.8 Å². The Morgan fingerprint density at radius 1 is 0.692 bits per heavy atom. The molecule has 3 rings (SSSR count). The number of nitrogens with zero attached hydrogens (tertiary/aromatic N) is 1. The van der Waals surface area contributed by atoms with E-state index in [2.05, 4.69) is 53.4 Å². The summed E-state index contributed by atoms with van der Waals surface area (Å²) in [5, 5.41) is 0. The minimum absolute atomic E-state index is 0.304. The van der Waals surface area contributed by atoms with E-state index in [4.69, 9.17) is 4.74 Å². The third-order valence-electron chi connectivity index (χ3n) is 4.28. The Morgan fingerprint density at radius 3 is 1.54 bits per heavy atom. The average Bonchev–Trinajstić information content (AvgIpc) is 2.69. The molecule has 3 nitrogen and oxygen atoms in total. The second-order valence-electron chi connectivity index (χ2n) is 6.30. The van der Waals surface area contributed by atoms with E-state index in [1.54, 1.807) is 0 Å². The molecule has 3 aromatic carbocycles. The maximum atomic E-state index is 11.6. The van der Waals surface area contributed by atoms with Crippen LogP contribution in [-0.2, 0) is 24.4 Å². The van der Waals surface area contributed by atoms with Gasteiger partial charge in [0.1, 0.15) is 0 Å². The Hall–Kier alpha value is -2.91. The third-order valence-corrected chi connectivity index (χ3v) is 4.28. The second kappa shape index (κ2) is 8.97. The SMILES string of the molecule is COC(=O)c1ccc(CN(Cc2ccccc2)Cc2ccccc2)cc1. The standard InChI is InChI=1S/C23H23NO2/c1-26-23(25)22-14-12-21(13-15-22)18-24(16-19-8-4-2-5-9-19)17-20-10-6-3-7-11-20/h2-15H,16-18H2,1H3. The number of hydrogen-bond donors (Lipinski definition) is 0. The van der Waals surface area contributed by atoms with Crippen molar-refractivity contribution in [3.8, 4) is 0 Å². The molecule has 0 saturated heterocycles. The summed E-state index contributed by atoms with van der Waals surface area (Å²) in [5.41, 5.74) is 4.32. The van der Waals surface area contributed by atoms with Crippen molar-refractivity contribution in [3.05, 3.63) is 107 Å². The summed E-state index contributed by atoms with van der Waals surface area (Å²) in [6.07, 6.45) is 0. The van der Waals surface area contributed by atoms with Gasteiger partial charge in [-0.3, -0.25) is 4.90 Å². The molecule has 0 aliphatic rings. The Kier molecular flexibility index (Phi) is 6.18. The highest BCUT2D eigenvalue weighted by Crippen LogP contribution is 2.15. The number of esters is 1. The molecule has 0 heterocycles. The fraction of sp³-hybridized carbons (Fsp3) is 0.174. The van der Waals surface area contributed by atoms with Crippen LogP contribution in [0.25, 0.3) is 0 Å². The Bertz CT molecular complexity index is 772. The predicted molar refractivity (Wildman–Crippen MR) is 104 cm³/mol. The van der Waals surface area contributed by atoms with E-state index in [0.717, 1.165) is 19.6 Å². The lowest BCUT2D eigenvalue weighted by atomic mass is 10.1. The lowest BCUT2D eigenvalue weighted by Crippen LogP contribution is -2.22. The van der Waals surface area contributed by atoms with Gasteiger partial charge in [-0.25, -0.2) is 4.79 Å². The van der Waals surface area contributed by atoms with Crippen LogP contribution in [0.1, 0.15) is 27.0 Å². The first-order valence-corrected chi connectivity index (χ1v) is 8.72. The van der Waals surface area contributed by atoms with E-state index in [0.29, 0.717) is 5.56 Å². The largest absolute Gasteiger partial charge is 0.465 e. The van der Waals surface area contributed by atoms with Crippen LogP contribution in [0, 0.1) is 0 Å². The molecule has 0 bridgehead atoms. The summed E-state index contributed by atoms with van der Waals surface area (Å²) >= 11 is 0. The number of carbonyl (C=O) groups excluding carboxylic acids is 1. The van der Waals surface area contributed by atoms with E-state index in [1.807, 2.05) is 36.4 Å². The van der Waals surface area contributed by atoms with Crippen LogP contribution >= 0.6 is 0 Å². The number of carbonyl (C=O) groups is 1. The van der Waals surface area contributed by atoms with Gasteiger partial charge >= 0.3 is 5.97 Å². The van der Waals surface area contributed by atoms with E-state index in [9.17, 15) is 4.79 Å². The van der Waals surface area contributed by atoms with Crippen molar-refractivity contribution in [2.24, 2.45) is 0 Å². The van der Waals surface area contributed by atoms with E-state index in [-0.39, 0.29) is 5.97 Å². The average molecular weight is 345 g/mol. The van der Waals surface area contributed by atoms with Crippen LogP contribution in [0.4, 0.5) is 0 Å². The molecule has 0 spiro atoms. The number of rotatable bonds is 7. The molecule has 26 heavy (non-hydrogen) atoms. The molecule has 0 amide bonds. The number of ether oxygens (including phenoxy) is 1. The van der Waals surface area contributed by atoms with Gasteiger partial charge in [-0.15, -0.1) is 0 Å². The predicted octanol–water partition coefficient (Wildman–Crippen LogP) is 4.68. The zero-order chi connectivity index (χ0) is 18.2. The van der Waals surface area contributed by atoms with Crippen LogP contribution in [0.2, 0.25) is 0 Å². The number of hydrogen-bond acceptors (Lipinski definition) is 3. The topological polar surface area (TPSA) is 29.5 Å². The molecule has 132 valence electrons. The van der Waals surface area contributed by atoms with Gasteiger partial charge in [0.05, 0.1) is 12.7 Å². The molecule has 0 aromatic heterocycles. The molecule has 3 heteroatoms. The van der Waals surface area contributed by atoms with E-state index in [1.165, 1.54) is 23.8 Å². The van der Waals surface area contributed by atoms with Crippen molar-refractivity contribution in [1.82, 2.24) is 4.90 Å². The fourth-order valence-corrected chi connectivity index (χ4v) is 2.97. The molecule has 0 aliphatic heterocycles. The summed E-state index contributed by atoms with van der Waals surface area (Å²) in [7, 11) is 1.40. The quantitative estimate of drug-likeness (QED) is 0.583. The van der Waals surface area contributed by atoms with Crippen molar-refractivity contribution in [1.29, 1.82) is 0 Å². The highest BCUT2D eigenvalue weighted by molar-refractivity contribution is 5.89. The van der Waals surface area contributed by atoms with Gasteiger partial charge < -0.3 is 4.74 Å². The van der Waals surface area contributed by atoms with Gasteiger partial charge in [0, 0.05) is 19.6 Å². The molecule has 0 atom stereocenters. The van der Waals surface area contributed by atoms with Crippen molar-refractivity contribution in [2.75, 3.05) is 7.11 Å². The molecule has 0 radical (unpaired) electrons. The molecule has 0 N–H and O–H groups in total. The minimum Gasteiger partial charge on any atom is -0.465 e. The van der Waals surface area contributed by atoms with Gasteiger partial charge in [0.15, 0.2) is 0 Å². The number of methoxy groups -OCH3 is 1. The maximum Gasteiger partial charge on any atom is 0.337 e. The van der Waals surface area contributed by atoms with Gasteiger partial charge in [-0.1, -0.05) is 72.8 Å². The zero-order valence-corrected chi connectivity index (χ0v) is 15.0. The molecule has 0 saturated carbocycles. The number of benzene rings is 3. The molecular formula is C23H23NO2. The van der Waals surface area contributed by atoms with Gasteiger partial charge in [-0.2, -0.15) is 0 Å². The summed E-state index contributed by atoms with van der Waals surface area (Å²) in [5.74, 6) is -0.304. The lowest BCUT2D eigenvalue weighted by Gasteiger charge is -2.23. The van der Waals surface area contributed by atoms with E-state index >= 15 is 0 Å².